The molecular formula is C8H8O2. The second-order valence-corrected chi connectivity index (χ2v) is 2.12. The molecule has 0 N–H and O–H groups in total. The summed E-state index contributed by atoms with van der Waals surface area (Å²) in [6.45, 7) is 8.71. The van der Waals surface area contributed by atoms with Gasteiger partial charge in [0.15, 0.2) is 5.43 Å². The molecule has 1 aromatic rings. The van der Waals surface area contributed by atoms with Gasteiger partial charge in [0.1, 0.15) is 11.2 Å². The Bertz CT molecular complexity index is 352. The van der Waals surface area contributed by atoms with Crippen molar-refractivity contribution in [2.24, 2.45) is 0 Å². The van der Waals surface area contributed by atoms with E-state index < -0.39 is 0 Å². The summed E-state index contributed by atoms with van der Waals surface area (Å²) in [5, 5.41) is 0.339. The minimum atomic E-state index is -0.117. The average molecular weight is 136 g/mol. The van der Waals surface area contributed by atoms with Gasteiger partial charge < -0.3 is 4.42 Å². The molecule has 52 valence electrons. The van der Waals surface area contributed by atoms with Gasteiger partial charge in [-0.25, -0.2) is 0 Å². The highest BCUT2D eigenvalue weighted by Crippen LogP contribution is 1.80. The zero-order valence-electron chi connectivity index (χ0n) is 5.81. The molecule has 0 aliphatic rings. The van der Waals surface area contributed by atoms with Crippen molar-refractivity contribution in [3.63, 3.8) is 0 Å². The predicted octanol–water partition coefficient (Wildman–Crippen LogP) is -0.231. The molecule has 0 aliphatic carbocycles. The van der Waals surface area contributed by atoms with E-state index in [2.05, 4.69) is 13.2 Å². The highest BCUT2D eigenvalue weighted by atomic mass is 16.3. The average Bonchev–Trinajstić information content (AvgIpc) is 1.82. The topological polar surface area (TPSA) is 30.2 Å². The van der Waals surface area contributed by atoms with Gasteiger partial charge in [-0.05, 0) is 6.92 Å². The van der Waals surface area contributed by atoms with Crippen LogP contribution in [-0.4, -0.2) is 0 Å². The molecule has 0 radical (unpaired) electrons. The zero-order valence-corrected chi connectivity index (χ0v) is 5.81. The summed E-state index contributed by atoms with van der Waals surface area (Å²) in [7, 11) is 0. The molecule has 0 unspecified atom stereocenters. The van der Waals surface area contributed by atoms with Crippen molar-refractivity contribution in [2.75, 3.05) is 0 Å². The Labute approximate surface area is 58.1 Å². The first-order valence-corrected chi connectivity index (χ1v) is 2.90. The highest BCUT2D eigenvalue weighted by molar-refractivity contribution is 5.10. The van der Waals surface area contributed by atoms with Crippen LogP contribution in [0, 0.1) is 6.92 Å². The van der Waals surface area contributed by atoms with E-state index in [4.69, 9.17) is 4.42 Å². The maximum absolute atomic E-state index is 10.9. The van der Waals surface area contributed by atoms with Crippen molar-refractivity contribution in [3.05, 3.63) is 32.7 Å². The Balaban J connectivity index is 3.80. The van der Waals surface area contributed by atoms with Crippen molar-refractivity contribution in [1.29, 1.82) is 0 Å². The fourth-order valence-corrected chi connectivity index (χ4v) is 0.695. The maximum Gasteiger partial charge on any atom is 0.192 e. The van der Waals surface area contributed by atoms with Crippen LogP contribution in [0.2, 0.25) is 0 Å². The van der Waals surface area contributed by atoms with Crippen molar-refractivity contribution < 1.29 is 4.42 Å². The lowest BCUT2D eigenvalue weighted by atomic mass is 10.3. The molecule has 0 saturated heterocycles. The fourth-order valence-electron chi connectivity index (χ4n) is 0.695. The smallest absolute Gasteiger partial charge is 0.192 e. The first kappa shape index (κ1) is 6.81. The minimum absolute atomic E-state index is 0.117. The predicted molar refractivity (Wildman–Crippen MR) is 40.0 cm³/mol. The van der Waals surface area contributed by atoms with Crippen LogP contribution in [0.15, 0.2) is 15.3 Å². The number of rotatable bonds is 0. The van der Waals surface area contributed by atoms with Crippen LogP contribution < -0.4 is 16.1 Å². The zero-order chi connectivity index (χ0) is 7.72. The second-order valence-electron chi connectivity index (χ2n) is 2.12. The Morgan fingerprint density at radius 3 is 2.60 bits per heavy atom. The number of aryl methyl sites for hydroxylation is 1. The molecule has 0 amide bonds. The van der Waals surface area contributed by atoms with Crippen LogP contribution >= 0.6 is 0 Å². The van der Waals surface area contributed by atoms with Crippen molar-refractivity contribution >= 4 is 13.2 Å². The van der Waals surface area contributed by atoms with Gasteiger partial charge in [-0.1, -0.05) is 13.2 Å². The van der Waals surface area contributed by atoms with E-state index in [0.29, 0.717) is 16.4 Å². The van der Waals surface area contributed by atoms with Gasteiger partial charge in [0.2, 0.25) is 0 Å². The lowest BCUT2D eigenvalue weighted by Gasteiger charge is -1.88. The van der Waals surface area contributed by atoms with E-state index in [9.17, 15) is 4.79 Å². The SMILES string of the molecule is C=c1oc(C)cc(=O)c1=C. The molecule has 10 heavy (non-hydrogen) atoms. The number of hydrogen-bond donors (Lipinski definition) is 0. The van der Waals surface area contributed by atoms with Gasteiger partial charge in [0.25, 0.3) is 0 Å². The normalized spacial score (nSPS) is 9.70. The maximum atomic E-state index is 10.9. The lowest BCUT2D eigenvalue weighted by molar-refractivity contribution is 0.479. The fraction of sp³-hybridized carbons (Fsp3) is 0.125. The Morgan fingerprint density at radius 2 is 2.10 bits per heavy atom. The van der Waals surface area contributed by atoms with E-state index >= 15 is 0 Å². The van der Waals surface area contributed by atoms with Crippen molar-refractivity contribution in [2.45, 2.75) is 6.92 Å². The lowest BCUT2D eigenvalue weighted by Crippen LogP contribution is -2.36. The summed E-state index contributed by atoms with van der Waals surface area (Å²) in [4.78, 5) is 10.9. The van der Waals surface area contributed by atoms with Gasteiger partial charge in [0, 0.05) is 6.07 Å². The number of hydrogen-bond acceptors (Lipinski definition) is 2. The molecule has 2 nitrogen and oxygen atoms in total. The first-order valence-electron chi connectivity index (χ1n) is 2.90. The van der Waals surface area contributed by atoms with Crippen LogP contribution in [0.5, 0.6) is 0 Å². The Kier molecular flexibility index (Phi) is 1.45. The monoisotopic (exact) mass is 136 g/mol. The minimum Gasteiger partial charge on any atom is -0.462 e. The van der Waals surface area contributed by atoms with Gasteiger partial charge in [0.05, 0.1) is 5.22 Å². The summed E-state index contributed by atoms with van der Waals surface area (Å²) < 4.78 is 5.02. The van der Waals surface area contributed by atoms with Gasteiger partial charge in [-0.2, -0.15) is 0 Å². The third kappa shape index (κ3) is 1.00. The Hall–Kier alpha value is -1.31. The largest absolute Gasteiger partial charge is 0.462 e. The second kappa shape index (κ2) is 2.14. The Morgan fingerprint density at radius 1 is 1.50 bits per heavy atom. The molecule has 0 aliphatic heterocycles. The first-order chi connectivity index (χ1) is 4.61. The van der Waals surface area contributed by atoms with E-state index in [1.165, 1.54) is 6.07 Å². The molecular weight excluding hydrogens is 128 g/mol. The molecule has 0 aromatic carbocycles. The molecule has 2 heteroatoms. The molecule has 1 heterocycles. The third-order valence-corrected chi connectivity index (χ3v) is 1.25. The molecule has 1 aromatic heterocycles. The molecule has 0 fully saturated rings. The van der Waals surface area contributed by atoms with Crippen LogP contribution in [0.1, 0.15) is 5.76 Å². The van der Waals surface area contributed by atoms with Crippen LogP contribution in [-0.2, 0) is 0 Å². The van der Waals surface area contributed by atoms with Crippen LogP contribution in [0.3, 0.4) is 0 Å². The summed E-state index contributed by atoms with van der Waals surface area (Å²) in [5.41, 5.74) is 0.235. The summed E-state index contributed by atoms with van der Waals surface area (Å²) in [6, 6.07) is 1.40. The van der Waals surface area contributed by atoms with Crippen LogP contribution in [0.4, 0.5) is 0 Å². The molecule has 0 saturated carbocycles. The van der Waals surface area contributed by atoms with E-state index in [-0.39, 0.29) is 5.43 Å². The highest BCUT2D eigenvalue weighted by Gasteiger charge is 1.90. The van der Waals surface area contributed by atoms with Gasteiger partial charge >= 0.3 is 0 Å². The summed E-state index contributed by atoms with van der Waals surface area (Å²) >= 11 is 0. The summed E-state index contributed by atoms with van der Waals surface area (Å²) in [5.74, 6) is 0.572. The third-order valence-electron chi connectivity index (χ3n) is 1.25. The van der Waals surface area contributed by atoms with E-state index in [1.807, 2.05) is 0 Å². The summed E-state index contributed by atoms with van der Waals surface area (Å²) in [6.07, 6.45) is 0. The van der Waals surface area contributed by atoms with Crippen molar-refractivity contribution in [1.82, 2.24) is 0 Å². The van der Waals surface area contributed by atoms with Gasteiger partial charge in [-0.15, -0.1) is 0 Å². The molecule has 0 atom stereocenters. The molecule has 0 bridgehead atoms. The van der Waals surface area contributed by atoms with E-state index in [1.54, 1.807) is 6.92 Å². The van der Waals surface area contributed by atoms with E-state index in [0.717, 1.165) is 0 Å². The van der Waals surface area contributed by atoms with Gasteiger partial charge in [-0.3, -0.25) is 4.79 Å². The standard InChI is InChI=1S/C8H8O2/c1-5-4-8(9)6(2)7(3)10-5/h4H,2-3H2,1H3. The molecule has 0 spiro atoms. The molecule has 1 rings (SSSR count). The van der Waals surface area contributed by atoms with Crippen LogP contribution in [0.25, 0.3) is 13.2 Å². The van der Waals surface area contributed by atoms with Crippen molar-refractivity contribution in [3.8, 4) is 0 Å². The quantitative estimate of drug-likeness (QED) is 0.493.